The van der Waals surface area contributed by atoms with Crippen LogP contribution in [0.15, 0.2) is 59.7 Å². The van der Waals surface area contributed by atoms with E-state index in [1.165, 1.54) is 22.1 Å². The highest BCUT2D eigenvalue weighted by molar-refractivity contribution is 7.08. The average molecular weight is 424 g/mol. The lowest BCUT2D eigenvalue weighted by molar-refractivity contribution is 0.0314. The molecule has 148 valence electrons. The van der Waals surface area contributed by atoms with Gasteiger partial charge in [-0.25, -0.2) is 0 Å². The van der Waals surface area contributed by atoms with E-state index in [9.17, 15) is 0 Å². The standard InChI is InChI=1S/C23H22ClN3OS/c24-23(27-4-6-28-7-5-27)10-16-1-2-20-21(14-26-22(20)9-16)19-11-18(12-25-13-19)17-3-8-29-15-17/h1-3,8-9,11-15,23,26H,4-7,10H2. The van der Waals surface area contributed by atoms with Crippen molar-refractivity contribution >= 4 is 33.8 Å². The normalized spacial score (nSPS) is 16.3. The van der Waals surface area contributed by atoms with E-state index in [4.69, 9.17) is 16.3 Å². The van der Waals surface area contributed by atoms with Crippen LogP contribution in [0.1, 0.15) is 5.56 Å². The zero-order chi connectivity index (χ0) is 19.6. The lowest BCUT2D eigenvalue weighted by atomic mass is 10.0. The second-order valence-electron chi connectivity index (χ2n) is 7.34. The van der Waals surface area contributed by atoms with Gasteiger partial charge in [0.2, 0.25) is 0 Å². The van der Waals surface area contributed by atoms with Gasteiger partial charge in [-0.2, -0.15) is 11.3 Å². The monoisotopic (exact) mass is 423 g/mol. The van der Waals surface area contributed by atoms with Crippen LogP contribution < -0.4 is 0 Å². The summed E-state index contributed by atoms with van der Waals surface area (Å²) in [4.78, 5) is 10.2. The number of H-pyrrole nitrogens is 1. The number of halogens is 1. The van der Waals surface area contributed by atoms with Crippen molar-refractivity contribution in [2.24, 2.45) is 0 Å². The second kappa shape index (κ2) is 8.28. The number of hydrogen-bond acceptors (Lipinski definition) is 4. The van der Waals surface area contributed by atoms with Crippen molar-refractivity contribution < 1.29 is 4.74 Å². The number of benzene rings is 1. The number of rotatable bonds is 5. The Hall–Kier alpha value is -2.18. The molecule has 1 aliphatic heterocycles. The first-order chi connectivity index (χ1) is 14.3. The molecular weight excluding hydrogens is 402 g/mol. The van der Waals surface area contributed by atoms with Gasteiger partial charge in [0.05, 0.1) is 18.7 Å². The first-order valence-corrected chi connectivity index (χ1v) is 11.2. The summed E-state index contributed by atoms with van der Waals surface area (Å²) in [5.74, 6) is 0. The Bertz CT molecular complexity index is 1100. The topological polar surface area (TPSA) is 41.2 Å². The van der Waals surface area contributed by atoms with E-state index in [-0.39, 0.29) is 5.50 Å². The molecule has 1 unspecified atom stereocenters. The van der Waals surface area contributed by atoms with Crippen molar-refractivity contribution in [1.29, 1.82) is 0 Å². The van der Waals surface area contributed by atoms with Crippen LogP contribution in [0.2, 0.25) is 0 Å². The van der Waals surface area contributed by atoms with E-state index < -0.39 is 0 Å². The Morgan fingerprint density at radius 1 is 1.10 bits per heavy atom. The zero-order valence-corrected chi connectivity index (χ0v) is 17.5. The van der Waals surface area contributed by atoms with Gasteiger partial charge in [0.25, 0.3) is 0 Å². The molecule has 1 saturated heterocycles. The number of thiophene rings is 1. The Kier molecular flexibility index (Phi) is 5.38. The third kappa shape index (κ3) is 3.96. The summed E-state index contributed by atoms with van der Waals surface area (Å²) >= 11 is 8.37. The van der Waals surface area contributed by atoms with Crippen LogP contribution in [0.3, 0.4) is 0 Å². The molecule has 3 aromatic heterocycles. The number of nitrogens with one attached hydrogen (secondary N) is 1. The first-order valence-electron chi connectivity index (χ1n) is 9.82. The molecule has 1 aliphatic rings. The summed E-state index contributed by atoms with van der Waals surface area (Å²) in [5, 5.41) is 5.45. The van der Waals surface area contributed by atoms with Gasteiger partial charge in [-0.1, -0.05) is 12.1 Å². The Morgan fingerprint density at radius 3 is 2.79 bits per heavy atom. The van der Waals surface area contributed by atoms with Crippen LogP contribution in [0.5, 0.6) is 0 Å². The zero-order valence-electron chi connectivity index (χ0n) is 16.0. The molecule has 0 spiro atoms. The van der Waals surface area contributed by atoms with Crippen molar-refractivity contribution in [3.63, 3.8) is 0 Å². The van der Waals surface area contributed by atoms with Gasteiger partial charge >= 0.3 is 0 Å². The molecule has 4 aromatic rings. The lowest BCUT2D eigenvalue weighted by Crippen LogP contribution is -2.41. The van der Waals surface area contributed by atoms with Crippen molar-refractivity contribution in [3.05, 3.63) is 65.2 Å². The molecule has 0 bridgehead atoms. The van der Waals surface area contributed by atoms with Gasteiger partial charge in [0.1, 0.15) is 0 Å². The van der Waals surface area contributed by atoms with Crippen LogP contribution in [0.4, 0.5) is 0 Å². The number of fused-ring (bicyclic) bond motifs is 1. The van der Waals surface area contributed by atoms with Crippen LogP contribution in [-0.2, 0) is 11.2 Å². The van der Waals surface area contributed by atoms with E-state index in [2.05, 4.69) is 62.2 Å². The third-order valence-electron chi connectivity index (χ3n) is 5.50. The fourth-order valence-corrected chi connectivity index (χ4v) is 4.93. The number of aromatic amines is 1. The number of aromatic nitrogens is 2. The lowest BCUT2D eigenvalue weighted by Gasteiger charge is -2.30. The quantitative estimate of drug-likeness (QED) is 0.345. The largest absolute Gasteiger partial charge is 0.379 e. The van der Waals surface area contributed by atoms with Crippen LogP contribution in [0.25, 0.3) is 33.2 Å². The highest BCUT2D eigenvalue weighted by Crippen LogP contribution is 2.32. The number of pyridine rings is 1. The van der Waals surface area contributed by atoms with Gasteiger partial charge in [-0.15, -0.1) is 11.6 Å². The van der Waals surface area contributed by atoms with E-state index in [0.29, 0.717) is 0 Å². The molecule has 4 nitrogen and oxygen atoms in total. The molecule has 0 radical (unpaired) electrons. The van der Waals surface area contributed by atoms with Gasteiger partial charge in [0, 0.05) is 65.7 Å². The molecule has 29 heavy (non-hydrogen) atoms. The van der Waals surface area contributed by atoms with Crippen LogP contribution >= 0.6 is 22.9 Å². The Balaban J connectivity index is 1.40. The van der Waals surface area contributed by atoms with E-state index >= 15 is 0 Å². The minimum Gasteiger partial charge on any atom is -0.379 e. The van der Waals surface area contributed by atoms with Crippen LogP contribution in [-0.4, -0.2) is 46.7 Å². The molecule has 0 amide bonds. The molecule has 6 heteroatoms. The van der Waals surface area contributed by atoms with Crippen molar-refractivity contribution in [2.75, 3.05) is 26.3 Å². The average Bonchev–Trinajstić information content (AvgIpc) is 3.44. The van der Waals surface area contributed by atoms with Gasteiger partial charge in [0.15, 0.2) is 0 Å². The molecule has 1 aromatic carbocycles. The number of ether oxygens (including phenoxy) is 1. The number of nitrogens with zero attached hydrogens (tertiary/aromatic N) is 2. The Morgan fingerprint density at radius 2 is 1.97 bits per heavy atom. The fourth-order valence-electron chi connectivity index (χ4n) is 3.89. The molecule has 0 saturated carbocycles. The summed E-state index contributed by atoms with van der Waals surface area (Å²) < 4.78 is 5.42. The second-order valence-corrected chi connectivity index (χ2v) is 8.63. The molecule has 5 rings (SSSR count). The predicted octanol–water partition coefficient (Wildman–Crippen LogP) is 5.40. The smallest absolute Gasteiger partial charge is 0.0892 e. The molecular formula is C23H22ClN3OS. The minimum atomic E-state index is -0.00252. The number of alkyl halides is 1. The molecule has 1 fully saturated rings. The highest BCUT2D eigenvalue weighted by Gasteiger charge is 2.19. The molecule has 1 N–H and O–H groups in total. The summed E-state index contributed by atoms with van der Waals surface area (Å²) in [6, 6.07) is 10.9. The Labute approximate surface area is 179 Å². The van der Waals surface area contributed by atoms with Gasteiger partial charge in [-0.05, 0) is 40.1 Å². The van der Waals surface area contributed by atoms with E-state index in [1.807, 2.05) is 12.4 Å². The first kappa shape index (κ1) is 18.8. The summed E-state index contributed by atoms with van der Waals surface area (Å²) in [6.07, 6.45) is 6.74. The molecule has 1 atom stereocenters. The third-order valence-corrected chi connectivity index (χ3v) is 6.61. The SMILES string of the molecule is ClC(Cc1ccc2c(-c3cncc(-c4ccsc4)c3)c[nH]c2c1)N1CCOCC1. The predicted molar refractivity (Wildman–Crippen MR) is 121 cm³/mol. The summed E-state index contributed by atoms with van der Waals surface area (Å²) in [5.41, 5.74) is 7.01. The van der Waals surface area contributed by atoms with Crippen molar-refractivity contribution in [1.82, 2.24) is 14.9 Å². The van der Waals surface area contributed by atoms with E-state index in [0.717, 1.165) is 49.4 Å². The molecule has 4 heterocycles. The maximum Gasteiger partial charge on any atom is 0.0892 e. The fraction of sp³-hybridized carbons (Fsp3) is 0.261. The van der Waals surface area contributed by atoms with Crippen molar-refractivity contribution in [3.8, 4) is 22.3 Å². The molecule has 0 aliphatic carbocycles. The summed E-state index contributed by atoms with van der Waals surface area (Å²) in [7, 11) is 0. The number of hydrogen-bond donors (Lipinski definition) is 1. The van der Waals surface area contributed by atoms with Crippen LogP contribution in [0, 0.1) is 0 Å². The number of morpholine rings is 1. The van der Waals surface area contributed by atoms with Crippen molar-refractivity contribution in [2.45, 2.75) is 11.9 Å². The van der Waals surface area contributed by atoms with Gasteiger partial charge < -0.3 is 9.72 Å². The summed E-state index contributed by atoms with van der Waals surface area (Å²) in [6.45, 7) is 3.33. The highest BCUT2D eigenvalue weighted by atomic mass is 35.5. The van der Waals surface area contributed by atoms with Gasteiger partial charge in [-0.3, -0.25) is 9.88 Å². The van der Waals surface area contributed by atoms with E-state index in [1.54, 1.807) is 11.3 Å². The maximum absolute atomic E-state index is 6.67. The maximum atomic E-state index is 6.67. The minimum absolute atomic E-state index is 0.00252.